The largest absolute Gasteiger partial charge is 0.425 e. The molecule has 9 heteroatoms. The van der Waals surface area contributed by atoms with Crippen LogP contribution in [0.5, 0.6) is 5.75 Å². The van der Waals surface area contributed by atoms with Gasteiger partial charge in [0.2, 0.25) is 4.96 Å². The van der Waals surface area contributed by atoms with Crippen molar-refractivity contribution < 1.29 is 9.53 Å². The summed E-state index contributed by atoms with van der Waals surface area (Å²) < 4.78 is 8.42. The fourth-order valence-electron chi connectivity index (χ4n) is 2.10. The van der Waals surface area contributed by atoms with Gasteiger partial charge in [-0.25, -0.2) is 4.98 Å². The fraction of sp³-hybridized carbons (Fsp3) is 0.200. The Morgan fingerprint density at radius 2 is 2.17 bits per heavy atom. The maximum Gasteiger partial charge on any atom is 0.308 e. The van der Waals surface area contributed by atoms with Gasteiger partial charge in [0, 0.05) is 23.4 Å². The number of fused-ring (bicyclic) bond motifs is 1. The third-order valence-corrected chi connectivity index (χ3v) is 5.12. The highest BCUT2D eigenvalue weighted by Crippen LogP contribution is 2.33. The molecule has 0 radical (unpaired) electrons. The van der Waals surface area contributed by atoms with Gasteiger partial charge in [0.1, 0.15) is 0 Å². The SMILES string of the molecule is CCc1nc2s/c(=C\c3cc(Br)cc(Br)c3OC(C)=O)c(=O)n2n1. The number of ether oxygens (including phenoxy) is 1. The molecule has 2 heterocycles. The van der Waals surface area contributed by atoms with E-state index in [1.165, 1.54) is 22.8 Å². The maximum atomic E-state index is 12.5. The fourth-order valence-corrected chi connectivity index (χ4v) is 4.36. The summed E-state index contributed by atoms with van der Waals surface area (Å²) >= 11 is 8.01. The highest BCUT2D eigenvalue weighted by atomic mass is 79.9. The first-order valence-corrected chi connectivity index (χ1v) is 9.37. The van der Waals surface area contributed by atoms with Crippen LogP contribution in [0, 0.1) is 0 Å². The van der Waals surface area contributed by atoms with Crippen molar-refractivity contribution in [2.45, 2.75) is 20.3 Å². The van der Waals surface area contributed by atoms with Gasteiger partial charge in [-0.2, -0.15) is 4.52 Å². The lowest BCUT2D eigenvalue weighted by Gasteiger charge is -2.08. The van der Waals surface area contributed by atoms with Crippen LogP contribution in [-0.4, -0.2) is 20.6 Å². The average molecular weight is 473 g/mol. The van der Waals surface area contributed by atoms with Crippen molar-refractivity contribution in [2.75, 3.05) is 0 Å². The van der Waals surface area contributed by atoms with Crippen LogP contribution in [0.1, 0.15) is 25.2 Å². The van der Waals surface area contributed by atoms with Gasteiger partial charge < -0.3 is 4.74 Å². The third kappa shape index (κ3) is 3.28. The second kappa shape index (κ2) is 6.73. The second-order valence-electron chi connectivity index (χ2n) is 4.89. The van der Waals surface area contributed by atoms with Crippen LogP contribution in [0.15, 0.2) is 25.9 Å². The summed E-state index contributed by atoms with van der Waals surface area (Å²) in [4.78, 5) is 28.7. The molecule has 3 aromatic rings. The zero-order chi connectivity index (χ0) is 17.4. The zero-order valence-electron chi connectivity index (χ0n) is 12.7. The molecule has 0 bridgehead atoms. The molecule has 0 saturated heterocycles. The highest BCUT2D eigenvalue weighted by molar-refractivity contribution is 9.11. The lowest BCUT2D eigenvalue weighted by Crippen LogP contribution is -2.24. The van der Waals surface area contributed by atoms with E-state index < -0.39 is 5.97 Å². The number of carbonyl (C=O) groups is 1. The normalized spacial score (nSPS) is 12.1. The zero-order valence-corrected chi connectivity index (χ0v) is 16.7. The van der Waals surface area contributed by atoms with Gasteiger partial charge in [-0.3, -0.25) is 9.59 Å². The molecule has 0 aliphatic carbocycles. The van der Waals surface area contributed by atoms with Gasteiger partial charge in [0.25, 0.3) is 5.56 Å². The maximum absolute atomic E-state index is 12.5. The van der Waals surface area contributed by atoms with E-state index in [9.17, 15) is 9.59 Å². The predicted octanol–water partition coefficient (Wildman–Crippen LogP) is 2.71. The van der Waals surface area contributed by atoms with E-state index in [-0.39, 0.29) is 5.56 Å². The minimum Gasteiger partial charge on any atom is -0.425 e. The van der Waals surface area contributed by atoms with Crippen LogP contribution in [0.4, 0.5) is 0 Å². The monoisotopic (exact) mass is 471 g/mol. The van der Waals surface area contributed by atoms with Gasteiger partial charge in [0.15, 0.2) is 11.6 Å². The smallest absolute Gasteiger partial charge is 0.308 e. The van der Waals surface area contributed by atoms with E-state index in [1.54, 1.807) is 18.2 Å². The first kappa shape index (κ1) is 17.2. The van der Waals surface area contributed by atoms with Crippen molar-refractivity contribution in [3.8, 4) is 5.75 Å². The summed E-state index contributed by atoms with van der Waals surface area (Å²) in [5, 5.41) is 4.18. The lowest BCUT2D eigenvalue weighted by molar-refractivity contribution is -0.131. The van der Waals surface area contributed by atoms with Crippen LogP contribution < -0.4 is 14.8 Å². The quantitative estimate of drug-likeness (QED) is 0.432. The molecule has 24 heavy (non-hydrogen) atoms. The van der Waals surface area contributed by atoms with E-state index in [0.717, 1.165) is 4.47 Å². The minimum absolute atomic E-state index is 0.243. The van der Waals surface area contributed by atoms with Crippen molar-refractivity contribution in [3.05, 3.63) is 47.4 Å². The number of carbonyl (C=O) groups excluding carboxylic acids is 1. The van der Waals surface area contributed by atoms with Gasteiger partial charge in [0.05, 0.1) is 9.01 Å². The summed E-state index contributed by atoms with van der Waals surface area (Å²) in [5.41, 5.74) is 0.357. The van der Waals surface area contributed by atoms with Crippen LogP contribution in [0.3, 0.4) is 0 Å². The number of aromatic nitrogens is 3. The Hall–Kier alpha value is -1.58. The van der Waals surface area contributed by atoms with Crippen LogP contribution in [-0.2, 0) is 11.2 Å². The van der Waals surface area contributed by atoms with E-state index >= 15 is 0 Å². The molecule has 3 rings (SSSR count). The molecule has 6 nitrogen and oxygen atoms in total. The molecule has 0 atom stereocenters. The topological polar surface area (TPSA) is 73.6 Å². The molecule has 0 fully saturated rings. The first-order valence-electron chi connectivity index (χ1n) is 6.96. The van der Waals surface area contributed by atoms with E-state index in [0.29, 0.717) is 37.5 Å². The van der Waals surface area contributed by atoms with E-state index in [4.69, 9.17) is 4.74 Å². The minimum atomic E-state index is -0.440. The van der Waals surface area contributed by atoms with Crippen molar-refractivity contribution in [2.24, 2.45) is 0 Å². The van der Waals surface area contributed by atoms with Gasteiger partial charge in [-0.05, 0) is 34.1 Å². The molecule has 2 aromatic heterocycles. The summed E-state index contributed by atoms with van der Waals surface area (Å²) in [5.74, 6) is 0.555. The van der Waals surface area contributed by atoms with Gasteiger partial charge in [-0.15, -0.1) is 5.10 Å². The molecule has 0 amide bonds. The Kier molecular flexibility index (Phi) is 4.84. The molecular weight excluding hydrogens is 462 g/mol. The highest BCUT2D eigenvalue weighted by Gasteiger charge is 2.13. The number of benzene rings is 1. The van der Waals surface area contributed by atoms with E-state index in [1.807, 2.05) is 6.92 Å². The number of rotatable bonds is 3. The van der Waals surface area contributed by atoms with Crippen LogP contribution >= 0.6 is 43.2 Å². The number of hydrogen-bond donors (Lipinski definition) is 0. The summed E-state index contributed by atoms with van der Waals surface area (Å²) in [6, 6.07) is 3.54. The van der Waals surface area contributed by atoms with Crippen LogP contribution in [0.25, 0.3) is 11.0 Å². The predicted molar refractivity (Wildman–Crippen MR) is 98.4 cm³/mol. The van der Waals surface area contributed by atoms with Gasteiger partial charge in [-0.1, -0.05) is 34.2 Å². The number of nitrogens with zero attached hydrogens (tertiary/aromatic N) is 3. The molecule has 124 valence electrons. The molecule has 0 unspecified atom stereocenters. The Bertz CT molecular complexity index is 1060. The van der Waals surface area contributed by atoms with Crippen molar-refractivity contribution in [1.29, 1.82) is 0 Å². The van der Waals surface area contributed by atoms with Crippen LogP contribution in [0.2, 0.25) is 0 Å². The second-order valence-corrected chi connectivity index (χ2v) is 7.67. The van der Waals surface area contributed by atoms with Crippen molar-refractivity contribution in [1.82, 2.24) is 14.6 Å². The number of thiazole rings is 1. The Morgan fingerprint density at radius 1 is 1.42 bits per heavy atom. The lowest BCUT2D eigenvalue weighted by atomic mass is 10.2. The molecule has 0 aliphatic heterocycles. The summed E-state index contributed by atoms with van der Waals surface area (Å²) in [6.07, 6.45) is 2.34. The Balaban J connectivity index is 2.21. The molecule has 1 aromatic carbocycles. The summed E-state index contributed by atoms with van der Waals surface area (Å²) in [7, 11) is 0. The van der Waals surface area contributed by atoms with E-state index in [2.05, 4.69) is 41.9 Å². The molecule has 0 saturated carbocycles. The third-order valence-electron chi connectivity index (χ3n) is 3.11. The summed E-state index contributed by atoms with van der Waals surface area (Å²) in [6.45, 7) is 3.26. The van der Waals surface area contributed by atoms with Crippen molar-refractivity contribution in [3.63, 3.8) is 0 Å². The Morgan fingerprint density at radius 3 is 2.79 bits per heavy atom. The van der Waals surface area contributed by atoms with Crippen molar-refractivity contribution >= 4 is 60.2 Å². The molecule has 0 N–H and O–H groups in total. The Labute approximate surface area is 157 Å². The standard InChI is InChI=1S/C15H11Br2N3O3S/c1-3-12-18-15-20(19-12)14(22)11(24-15)5-8-4-9(16)6-10(17)13(8)23-7(2)21/h4-6H,3H2,1-2H3/b11-5-. The average Bonchev–Trinajstić information content (AvgIpc) is 3.03. The first-order chi connectivity index (χ1) is 11.4. The molecular formula is C15H11Br2N3O3S. The van der Waals surface area contributed by atoms with Gasteiger partial charge >= 0.3 is 5.97 Å². The number of halogens is 2. The molecule has 0 spiro atoms. The number of aryl methyl sites for hydroxylation is 1. The number of hydrogen-bond acceptors (Lipinski definition) is 6. The molecule has 0 aliphatic rings. The number of esters is 1.